The van der Waals surface area contributed by atoms with E-state index >= 15 is 0 Å². The van der Waals surface area contributed by atoms with Gasteiger partial charge >= 0.3 is 0 Å². The summed E-state index contributed by atoms with van der Waals surface area (Å²) in [6.07, 6.45) is 6.80. The van der Waals surface area contributed by atoms with E-state index in [1.807, 2.05) is 22.9 Å². The van der Waals surface area contributed by atoms with Crippen LogP contribution in [0.2, 0.25) is 25.7 Å². The molecule has 0 unspecified atom stereocenters. The molecule has 0 N–H and O–H groups in total. The minimum Gasteiger partial charge on any atom is -0.359 e. The molecule has 3 heterocycles. The van der Waals surface area contributed by atoms with Crippen LogP contribution in [0.15, 0.2) is 33.9 Å². The van der Waals surface area contributed by atoms with Gasteiger partial charge < -0.3 is 4.74 Å². The van der Waals surface area contributed by atoms with E-state index in [0.29, 0.717) is 18.5 Å². The van der Waals surface area contributed by atoms with Crippen molar-refractivity contribution in [2.45, 2.75) is 64.0 Å². The molecule has 0 aliphatic heterocycles. The molecule has 30 heavy (non-hydrogen) atoms. The van der Waals surface area contributed by atoms with E-state index in [0.717, 1.165) is 33.0 Å². The van der Waals surface area contributed by atoms with Crippen LogP contribution in [0.5, 0.6) is 0 Å². The minimum atomic E-state index is -1.11. The molecule has 0 radical (unpaired) electrons. The van der Waals surface area contributed by atoms with E-state index in [9.17, 15) is 0 Å². The van der Waals surface area contributed by atoms with Gasteiger partial charge in [-0.1, -0.05) is 43.8 Å². The van der Waals surface area contributed by atoms with Crippen molar-refractivity contribution < 1.29 is 4.74 Å². The van der Waals surface area contributed by atoms with Gasteiger partial charge in [0.15, 0.2) is 5.82 Å². The summed E-state index contributed by atoms with van der Waals surface area (Å²) in [7, 11) is -1.11. The van der Waals surface area contributed by atoms with Crippen LogP contribution >= 0.6 is 27.3 Å². The normalized spacial score (nSPS) is 16.1. The van der Waals surface area contributed by atoms with Crippen molar-refractivity contribution in [1.29, 1.82) is 0 Å². The predicted molar refractivity (Wildman–Crippen MR) is 128 cm³/mol. The van der Waals surface area contributed by atoms with Gasteiger partial charge in [0, 0.05) is 31.3 Å². The van der Waals surface area contributed by atoms with Gasteiger partial charge in [-0.2, -0.15) is 10.1 Å². The first kappa shape index (κ1) is 21.8. The Morgan fingerprint density at radius 1 is 1.23 bits per heavy atom. The highest BCUT2D eigenvalue weighted by molar-refractivity contribution is 9.10. The van der Waals surface area contributed by atoms with Crippen molar-refractivity contribution in [2.75, 3.05) is 6.61 Å². The van der Waals surface area contributed by atoms with E-state index in [4.69, 9.17) is 14.8 Å². The largest absolute Gasteiger partial charge is 0.359 e. The number of nitrogens with zero attached hydrogens (tertiary/aromatic N) is 5. The average molecular weight is 507 g/mol. The molecule has 0 spiro atoms. The standard InChI is InChI=1S/C21H28BrN5OSSi/c1-30(2,3)11-10-28-14-27-21(29-20(26-27)15-6-4-5-7-15)25-19-9-8-17-18(24-19)12-16(22)13-23-17/h8-9,12-13,15H,4-7,10-11,14H2,1-3H3/b25-21-. The van der Waals surface area contributed by atoms with Crippen LogP contribution in [0, 0.1) is 0 Å². The van der Waals surface area contributed by atoms with Crippen LogP contribution < -0.4 is 4.80 Å². The highest BCUT2D eigenvalue weighted by Gasteiger charge is 2.21. The Kier molecular flexibility index (Phi) is 6.81. The van der Waals surface area contributed by atoms with Crippen LogP contribution in [-0.4, -0.2) is 34.4 Å². The maximum absolute atomic E-state index is 5.98. The summed E-state index contributed by atoms with van der Waals surface area (Å²) in [4.78, 5) is 14.7. The molecule has 1 aliphatic carbocycles. The molecule has 9 heteroatoms. The van der Waals surface area contributed by atoms with Gasteiger partial charge in [-0.15, -0.1) is 0 Å². The van der Waals surface area contributed by atoms with Crippen molar-refractivity contribution in [2.24, 2.45) is 4.99 Å². The number of hydrogen-bond acceptors (Lipinski definition) is 6. The third kappa shape index (κ3) is 5.63. The van der Waals surface area contributed by atoms with Crippen LogP contribution in [0.1, 0.15) is 36.6 Å². The number of pyridine rings is 2. The summed E-state index contributed by atoms with van der Waals surface area (Å²) in [6, 6.07) is 6.98. The Hall–Kier alpha value is -1.42. The van der Waals surface area contributed by atoms with Crippen LogP contribution in [0.25, 0.3) is 11.0 Å². The van der Waals surface area contributed by atoms with Gasteiger partial charge in [-0.25, -0.2) is 9.67 Å². The Bertz CT molecular complexity index is 1080. The second-order valence-corrected chi connectivity index (χ2v) is 16.5. The Morgan fingerprint density at radius 3 is 2.80 bits per heavy atom. The Morgan fingerprint density at radius 2 is 2.03 bits per heavy atom. The molecule has 1 saturated carbocycles. The molecule has 3 aromatic rings. The minimum absolute atomic E-state index is 0.438. The Labute approximate surface area is 190 Å². The van der Waals surface area contributed by atoms with Gasteiger partial charge in [0.2, 0.25) is 4.80 Å². The van der Waals surface area contributed by atoms with Gasteiger partial charge in [0.1, 0.15) is 11.7 Å². The van der Waals surface area contributed by atoms with Crippen molar-refractivity contribution in [1.82, 2.24) is 19.7 Å². The maximum Gasteiger partial charge on any atom is 0.211 e. The second-order valence-electron chi connectivity index (χ2n) is 9.02. The summed E-state index contributed by atoms with van der Waals surface area (Å²) in [5.74, 6) is 1.22. The molecular formula is C21H28BrN5OSSi. The summed E-state index contributed by atoms with van der Waals surface area (Å²) >= 11 is 5.14. The molecule has 0 atom stereocenters. The second kappa shape index (κ2) is 9.38. The van der Waals surface area contributed by atoms with E-state index in [1.54, 1.807) is 17.5 Å². The maximum atomic E-state index is 5.98. The molecule has 0 saturated heterocycles. The zero-order chi connectivity index (χ0) is 21.1. The summed E-state index contributed by atoms with van der Waals surface area (Å²) < 4.78 is 8.80. The fourth-order valence-electron chi connectivity index (χ4n) is 3.49. The fraction of sp³-hybridized carbons (Fsp3) is 0.524. The van der Waals surface area contributed by atoms with E-state index < -0.39 is 8.07 Å². The molecule has 1 aliphatic rings. The first-order chi connectivity index (χ1) is 14.4. The number of aromatic nitrogens is 4. The predicted octanol–water partition coefficient (Wildman–Crippen LogP) is 5.85. The zero-order valence-electron chi connectivity index (χ0n) is 17.8. The first-order valence-electron chi connectivity index (χ1n) is 10.5. The van der Waals surface area contributed by atoms with Crippen LogP contribution in [0.4, 0.5) is 5.82 Å². The lowest BCUT2D eigenvalue weighted by Gasteiger charge is -2.15. The van der Waals surface area contributed by atoms with E-state index in [2.05, 4.69) is 45.5 Å². The van der Waals surface area contributed by atoms with Crippen LogP contribution in [0.3, 0.4) is 0 Å². The molecule has 6 nitrogen and oxygen atoms in total. The van der Waals surface area contributed by atoms with Gasteiger partial charge in [0.05, 0.1) is 11.0 Å². The highest BCUT2D eigenvalue weighted by Crippen LogP contribution is 2.34. The highest BCUT2D eigenvalue weighted by atomic mass is 79.9. The van der Waals surface area contributed by atoms with Crippen molar-refractivity contribution in [3.05, 3.63) is 38.7 Å². The lowest BCUT2D eigenvalue weighted by molar-refractivity contribution is 0.0757. The van der Waals surface area contributed by atoms with E-state index in [1.165, 1.54) is 30.7 Å². The first-order valence-corrected chi connectivity index (χ1v) is 15.8. The molecular weight excluding hydrogens is 478 g/mol. The molecule has 4 rings (SSSR count). The number of fused-ring (bicyclic) bond motifs is 1. The van der Waals surface area contributed by atoms with Gasteiger partial charge in [-0.05, 0) is 53.0 Å². The van der Waals surface area contributed by atoms with Crippen molar-refractivity contribution >= 4 is 52.2 Å². The number of hydrogen-bond donors (Lipinski definition) is 0. The molecule has 0 amide bonds. The lowest BCUT2D eigenvalue weighted by Crippen LogP contribution is -2.24. The van der Waals surface area contributed by atoms with Crippen molar-refractivity contribution in [3.63, 3.8) is 0 Å². The number of halogens is 1. The number of ether oxygens (including phenoxy) is 1. The molecule has 160 valence electrons. The number of rotatable bonds is 7. The molecule has 3 aromatic heterocycles. The van der Waals surface area contributed by atoms with Gasteiger partial charge in [0.25, 0.3) is 0 Å². The quantitative estimate of drug-likeness (QED) is 0.298. The van der Waals surface area contributed by atoms with E-state index in [-0.39, 0.29) is 0 Å². The average Bonchev–Trinajstić information content (AvgIpc) is 3.34. The van der Waals surface area contributed by atoms with Crippen molar-refractivity contribution in [3.8, 4) is 0 Å². The summed E-state index contributed by atoms with van der Waals surface area (Å²) in [5, 5.41) is 6.05. The third-order valence-corrected chi connectivity index (χ3v) is 8.50. The lowest BCUT2D eigenvalue weighted by atomic mass is 10.1. The summed E-state index contributed by atoms with van der Waals surface area (Å²) in [5.41, 5.74) is 1.68. The third-order valence-electron chi connectivity index (χ3n) is 5.25. The fourth-order valence-corrected chi connectivity index (χ4v) is 5.63. The monoisotopic (exact) mass is 505 g/mol. The van der Waals surface area contributed by atoms with Gasteiger partial charge in [-0.3, -0.25) is 4.98 Å². The molecule has 0 bridgehead atoms. The SMILES string of the molecule is C[Si](C)(C)CCOCn1nc(C2CCCC2)s/c1=N\c1ccc2ncc(Br)cc2n1. The topological polar surface area (TPSA) is 65.2 Å². The summed E-state index contributed by atoms with van der Waals surface area (Å²) in [6.45, 7) is 8.30. The Balaban J connectivity index is 1.62. The van der Waals surface area contributed by atoms with Crippen LogP contribution in [-0.2, 0) is 11.5 Å². The molecule has 0 aromatic carbocycles. The smallest absolute Gasteiger partial charge is 0.211 e. The molecule has 1 fully saturated rings. The zero-order valence-corrected chi connectivity index (χ0v) is 21.2.